The SMILES string of the molecule is Clc1ccc(N2CCOCC2)c(NCc2nc(C3CC3)no2)c1. The lowest BCUT2D eigenvalue weighted by Gasteiger charge is -2.30. The lowest BCUT2D eigenvalue weighted by molar-refractivity contribution is 0.123. The van der Waals surface area contributed by atoms with E-state index in [4.69, 9.17) is 20.9 Å². The Balaban J connectivity index is 1.48. The van der Waals surface area contributed by atoms with E-state index >= 15 is 0 Å². The molecule has 2 aliphatic rings. The van der Waals surface area contributed by atoms with Crippen LogP contribution in [0.4, 0.5) is 11.4 Å². The Morgan fingerprint density at radius 1 is 1.26 bits per heavy atom. The quantitative estimate of drug-likeness (QED) is 0.906. The molecule has 2 heterocycles. The molecule has 1 saturated heterocycles. The van der Waals surface area contributed by atoms with E-state index in [1.807, 2.05) is 18.2 Å². The number of morpholine rings is 1. The van der Waals surface area contributed by atoms with Crippen molar-refractivity contribution in [1.82, 2.24) is 10.1 Å². The predicted molar refractivity (Wildman–Crippen MR) is 88.1 cm³/mol. The number of ether oxygens (including phenoxy) is 1. The molecule has 122 valence electrons. The Hall–Kier alpha value is -1.79. The molecule has 0 bridgehead atoms. The lowest BCUT2D eigenvalue weighted by atomic mass is 10.2. The maximum absolute atomic E-state index is 6.16. The number of anilines is 2. The first-order valence-electron chi connectivity index (χ1n) is 7.98. The Bertz CT molecular complexity index is 680. The van der Waals surface area contributed by atoms with Crippen LogP contribution in [-0.2, 0) is 11.3 Å². The summed E-state index contributed by atoms with van der Waals surface area (Å²) >= 11 is 6.16. The maximum atomic E-state index is 6.16. The van der Waals surface area contributed by atoms with Crippen molar-refractivity contribution in [1.29, 1.82) is 0 Å². The second kappa shape index (κ2) is 6.37. The van der Waals surface area contributed by atoms with Gasteiger partial charge in [0.1, 0.15) is 0 Å². The Kier molecular flexibility index (Phi) is 4.10. The molecule has 7 heteroatoms. The number of rotatable bonds is 5. The molecule has 0 spiro atoms. The van der Waals surface area contributed by atoms with Crippen molar-refractivity contribution in [3.05, 3.63) is 34.9 Å². The van der Waals surface area contributed by atoms with Gasteiger partial charge in [-0.3, -0.25) is 0 Å². The number of hydrogen-bond donors (Lipinski definition) is 1. The van der Waals surface area contributed by atoms with Gasteiger partial charge in [0.2, 0.25) is 5.89 Å². The van der Waals surface area contributed by atoms with E-state index in [0.717, 1.165) is 43.5 Å². The minimum Gasteiger partial charge on any atom is -0.378 e. The number of nitrogens with one attached hydrogen (secondary N) is 1. The number of nitrogens with zero attached hydrogens (tertiary/aromatic N) is 3. The minimum absolute atomic E-state index is 0.497. The molecule has 2 fully saturated rings. The highest BCUT2D eigenvalue weighted by molar-refractivity contribution is 6.31. The normalized spacial score (nSPS) is 18.2. The third-order valence-corrected chi connectivity index (χ3v) is 4.40. The summed E-state index contributed by atoms with van der Waals surface area (Å²) in [7, 11) is 0. The molecule has 2 aromatic rings. The summed E-state index contributed by atoms with van der Waals surface area (Å²) in [5.74, 6) is 1.95. The molecule has 1 aliphatic carbocycles. The summed E-state index contributed by atoms with van der Waals surface area (Å²) in [5.41, 5.74) is 2.10. The highest BCUT2D eigenvalue weighted by atomic mass is 35.5. The zero-order valence-corrected chi connectivity index (χ0v) is 13.6. The summed E-state index contributed by atoms with van der Waals surface area (Å²) < 4.78 is 10.7. The Morgan fingerprint density at radius 2 is 2.09 bits per heavy atom. The molecule has 0 amide bonds. The number of benzene rings is 1. The van der Waals surface area contributed by atoms with E-state index in [1.54, 1.807) is 0 Å². The van der Waals surface area contributed by atoms with Crippen LogP contribution in [0.15, 0.2) is 22.7 Å². The standard InChI is InChI=1S/C16H19ClN4O2/c17-12-3-4-14(21-5-7-22-8-6-21)13(9-12)18-10-15-19-16(20-23-15)11-1-2-11/h3-4,9,11,18H,1-2,5-8,10H2. The molecular weight excluding hydrogens is 316 g/mol. The topological polar surface area (TPSA) is 63.4 Å². The molecule has 1 aromatic carbocycles. The van der Waals surface area contributed by atoms with Gasteiger partial charge in [0.25, 0.3) is 0 Å². The first-order chi connectivity index (χ1) is 11.3. The third kappa shape index (κ3) is 3.43. The first kappa shape index (κ1) is 14.8. The average molecular weight is 335 g/mol. The van der Waals surface area contributed by atoms with Crippen molar-refractivity contribution in [2.24, 2.45) is 0 Å². The van der Waals surface area contributed by atoms with Gasteiger partial charge in [-0.25, -0.2) is 0 Å². The molecule has 1 N–H and O–H groups in total. The van der Waals surface area contributed by atoms with Gasteiger partial charge < -0.3 is 19.5 Å². The van der Waals surface area contributed by atoms with Crippen molar-refractivity contribution >= 4 is 23.0 Å². The molecule has 6 nitrogen and oxygen atoms in total. The fourth-order valence-electron chi connectivity index (χ4n) is 2.75. The smallest absolute Gasteiger partial charge is 0.245 e. The van der Waals surface area contributed by atoms with E-state index in [1.165, 1.54) is 12.8 Å². The van der Waals surface area contributed by atoms with Crippen LogP contribution in [0.1, 0.15) is 30.5 Å². The van der Waals surface area contributed by atoms with Crippen molar-refractivity contribution in [2.45, 2.75) is 25.3 Å². The van der Waals surface area contributed by atoms with Crippen LogP contribution in [0.2, 0.25) is 5.02 Å². The Labute approximate surface area is 139 Å². The van der Waals surface area contributed by atoms with Gasteiger partial charge in [0.05, 0.1) is 31.1 Å². The van der Waals surface area contributed by atoms with E-state index in [2.05, 4.69) is 20.4 Å². The summed E-state index contributed by atoms with van der Waals surface area (Å²) in [4.78, 5) is 6.74. The molecule has 4 rings (SSSR count). The van der Waals surface area contributed by atoms with Crippen LogP contribution in [-0.4, -0.2) is 36.4 Å². The van der Waals surface area contributed by atoms with Gasteiger partial charge in [-0.15, -0.1) is 0 Å². The third-order valence-electron chi connectivity index (χ3n) is 4.17. The van der Waals surface area contributed by atoms with Crippen LogP contribution >= 0.6 is 11.6 Å². The van der Waals surface area contributed by atoms with E-state index < -0.39 is 0 Å². The molecule has 1 saturated carbocycles. The Morgan fingerprint density at radius 3 is 2.87 bits per heavy atom. The fraction of sp³-hybridized carbons (Fsp3) is 0.500. The average Bonchev–Trinajstić information content (AvgIpc) is 3.32. The highest BCUT2D eigenvalue weighted by Gasteiger charge is 2.28. The second-order valence-corrected chi connectivity index (χ2v) is 6.37. The molecule has 0 unspecified atom stereocenters. The summed E-state index contributed by atoms with van der Waals surface area (Å²) in [6.07, 6.45) is 2.34. The van der Waals surface area contributed by atoms with Crippen LogP contribution in [0.3, 0.4) is 0 Å². The van der Waals surface area contributed by atoms with Gasteiger partial charge in [-0.05, 0) is 31.0 Å². The van der Waals surface area contributed by atoms with E-state index in [9.17, 15) is 0 Å². The number of halogens is 1. The van der Waals surface area contributed by atoms with Gasteiger partial charge in [0.15, 0.2) is 5.82 Å². The monoisotopic (exact) mass is 334 g/mol. The largest absolute Gasteiger partial charge is 0.378 e. The van der Waals surface area contributed by atoms with Crippen molar-refractivity contribution in [3.8, 4) is 0 Å². The highest BCUT2D eigenvalue weighted by Crippen LogP contribution is 2.38. The van der Waals surface area contributed by atoms with Gasteiger partial charge in [-0.1, -0.05) is 16.8 Å². The van der Waals surface area contributed by atoms with Crippen molar-refractivity contribution < 1.29 is 9.26 Å². The van der Waals surface area contributed by atoms with Gasteiger partial charge in [-0.2, -0.15) is 4.98 Å². The molecule has 0 radical (unpaired) electrons. The molecule has 23 heavy (non-hydrogen) atoms. The molecule has 0 atom stereocenters. The molecular formula is C16H19ClN4O2. The van der Waals surface area contributed by atoms with E-state index in [0.29, 0.717) is 23.4 Å². The molecule has 1 aromatic heterocycles. The van der Waals surface area contributed by atoms with Gasteiger partial charge >= 0.3 is 0 Å². The van der Waals surface area contributed by atoms with E-state index in [-0.39, 0.29) is 0 Å². The molecule has 1 aliphatic heterocycles. The lowest BCUT2D eigenvalue weighted by Crippen LogP contribution is -2.36. The first-order valence-corrected chi connectivity index (χ1v) is 8.36. The van der Waals surface area contributed by atoms with Crippen LogP contribution in [0, 0.1) is 0 Å². The predicted octanol–water partition coefficient (Wildman–Crippen LogP) is 3.05. The summed E-state index contributed by atoms with van der Waals surface area (Å²) in [6, 6.07) is 5.89. The van der Waals surface area contributed by atoms with Crippen LogP contribution in [0.5, 0.6) is 0 Å². The number of aromatic nitrogens is 2. The fourth-order valence-corrected chi connectivity index (χ4v) is 2.92. The number of hydrogen-bond acceptors (Lipinski definition) is 6. The van der Waals surface area contributed by atoms with Gasteiger partial charge in [0, 0.05) is 24.0 Å². The zero-order valence-electron chi connectivity index (χ0n) is 12.8. The van der Waals surface area contributed by atoms with Crippen LogP contribution in [0.25, 0.3) is 0 Å². The van der Waals surface area contributed by atoms with Crippen molar-refractivity contribution in [2.75, 3.05) is 36.5 Å². The second-order valence-electron chi connectivity index (χ2n) is 5.94. The zero-order chi connectivity index (χ0) is 15.6. The maximum Gasteiger partial charge on any atom is 0.245 e. The van der Waals surface area contributed by atoms with Crippen molar-refractivity contribution in [3.63, 3.8) is 0 Å². The summed E-state index contributed by atoms with van der Waals surface area (Å²) in [6.45, 7) is 3.75. The summed E-state index contributed by atoms with van der Waals surface area (Å²) in [5, 5.41) is 8.12. The van der Waals surface area contributed by atoms with Crippen LogP contribution < -0.4 is 10.2 Å². The minimum atomic E-state index is 0.497.